The van der Waals surface area contributed by atoms with E-state index in [0.29, 0.717) is 0 Å². The molecule has 3 heteroatoms. The highest BCUT2D eigenvalue weighted by molar-refractivity contribution is 6.19. The second kappa shape index (κ2) is 7.30. The Labute approximate surface area is 207 Å². The van der Waals surface area contributed by atoms with Crippen molar-refractivity contribution < 1.29 is 0 Å². The zero-order chi connectivity index (χ0) is 23.6. The van der Waals surface area contributed by atoms with Gasteiger partial charge in [0.25, 0.3) is 0 Å². The number of hydrogen-bond acceptors (Lipinski definition) is 1. The molecule has 0 aliphatic rings. The summed E-state index contributed by atoms with van der Waals surface area (Å²) in [4.78, 5) is 4.63. The number of nitrogens with zero attached hydrogens (tertiary/aromatic N) is 3. The van der Waals surface area contributed by atoms with E-state index in [-0.39, 0.29) is 0 Å². The van der Waals surface area contributed by atoms with Crippen molar-refractivity contribution in [2.45, 2.75) is 0 Å². The van der Waals surface area contributed by atoms with Gasteiger partial charge in [0.05, 0.1) is 27.6 Å². The molecule has 36 heavy (non-hydrogen) atoms. The Kier molecular flexibility index (Phi) is 3.94. The third-order valence-corrected chi connectivity index (χ3v) is 7.33. The predicted octanol–water partition coefficient (Wildman–Crippen LogP) is 8.43. The lowest BCUT2D eigenvalue weighted by Crippen LogP contribution is -1.96. The highest BCUT2D eigenvalue weighted by Gasteiger charge is 2.18. The zero-order valence-corrected chi connectivity index (χ0v) is 19.5. The van der Waals surface area contributed by atoms with Gasteiger partial charge in [-0.2, -0.15) is 0 Å². The Morgan fingerprint density at radius 2 is 1.06 bits per heavy atom. The van der Waals surface area contributed by atoms with Gasteiger partial charge in [-0.05, 0) is 54.6 Å². The van der Waals surface area contributed by atoms with Gasteiger partial charge in [0, 0.05) is 44.5 Å². The average Bonchev–Trinajstić information content (AvgIpc) is 3.44. The lowest BCUT2D eigenvalue weighted by atomic mass is 10.1. The van der Waals surface area contributed by atoms with Crippen LogP contribution < -0.4 is 0 Å². The van der Waals surface area contributed by atoms with Crippen LogP contribution in [0.5, 0.6) is 0 Å². The molecule has 8 rings (SSSR count). The number of benzene rings is 5. The Morgan fingerprint density at radius 3 is 1.78 bits per heavy atom. The van der Waals surface area contributed by atoms with Crippen molar-refractivity contribution >= 4 is 54.5 Å². The summed E-state index contributed by atoms with van der Waals surface area (Å²) in [5.74, 6) is 0. The van der Waals surface area contributed by atoms with Gasteiger partial charge in [-0.15, -0.1) is 0 Å². The molecule has 0 aliphatic heterocycles. The van der Waals surface area contributed by atoms with Crippen LogP contribution in [0.2, 0.25) is 0 Å². The number of para-hydroxylation sites is 3. The summed E-state index contributed by atoms with van der Waals surface area (Å²) in [6.45, 7) is 0. The molecule has 3 aromatic heterocycles. The smallest absolute Gasteiger partial charge is 0.0722 e. The molecule has 0 fully saturated rings. The molecule has 0 saturated carbocycles. The van der Waals surface area contributed by atoms with Gasteiger partial charge in [-0.1, -0.05) is 66.7 Å². The summed E-state index contributed by atoms with van der Waals surface area (Å²) in [5.41, 5.74) is 8.11. The lowest BCUT2D eigenvalue weighted by Gasteiger charge is -2.10. The molecule has 0 N–H and O–H groups in total. The molecule has 0 radical (unpaired) electrons. The van der Waals surface area contributed by atoms with Crippen molar-refractivity contribution in [1.82, 2.24) is 14.1 Å². The van der Waals surface area contributed by atoms with Crippen LogP contribution in [0.4, 0.5) is 0 Å². The molecule has 5 aromatic carbocycles. The number of rotatable bonds is 2. The van der Waals surface area contributed by atoms with Gasteiger partial charge in [0.15, 0.2) is 0 Å². The number of pyridine rings is 1. The molecule has 0 aliphatic carbocycles. The van der Waals surface area contributed by atoms with Crippen LogP contribution in [0, 0.1) is 0 Å². The van der Waals surface area contributed by atoms with Crippen LogP contribution in [0.1, 0.15) is 0 Å². The van der Waals surface area contributed by atoms with E-state index in [1.165, 1.54) is 49.3 Å². The van der Waals surface area contributed by atoms with E-state index < -0.39 is 0 Å². The fraction of sp³-hybridized carbons (Fsp3) is 0. The van der Waals surface area contributed by atoms with E-state index in [9.17, 15) is 0 Å². The average molecular weight is 460 g/mol. The maximum atomic E-state index is 4.63. The Morgan fingerprint density at radius 1 is 0.417 bits per heavy atom. The highest BCUT2D eigenvalue weighted by atomic mass is 15.0. The van der Waals surface area contributed by atoms with Crippen molar-refractivity contribution in [2.75, 3.05) is 0 Å². The second-order valence-electron chi connectivity index (χ2n) is 9.31. The molecule has 0 spiro atoms. The maximum Gasteiger partial charge on any atom is 0.0722 e. The quantitative estimate of drug-likeness (QED) is 0.254. The first kappa shape index (κ1) is 19.4. The molecule has 3 heterocycles. The van der Waals surface area contributed by atoms with Crippen molar-refractivity contribution in [3.63, 3.8) is 0 Å². The van der Waals surface area contributed by atoms with Crippen LogP contribution >= 0.6 is 0 Å². The minimum Gasteiger partial charge on any atom is -0.309 e. The third kappa shape index (κ3) is 2.65. The molecule has 0 saturated heterocycles. The summed E-state index contributed by atoms with van der Waals surface area (Å²) < 4.78 is 4.76. The van der Waals surface area contributed by atoms with Gasteiger partial charge in [-0.25, -0.2) is 0 Å². The standard InChI is InChI=1S/C33H21N3/c1-2-10-23(11-3-1)35-30-14-6-4-12-25(30)27-20-28-26-13-5-7-15-31(26)36(33(28)21-32(27)35)24-17-16-22-9-8-18-34-29(22)19-24/h1-21H. The minimum atomic E-state index is 1.00. The molecular weight excluding hydrogens is 438 g/mol. The molecule has 0 unspecified atom stereocenters. The highest BCUT2D eigenvalue weighted by Crippen LogP contribution is 2.39. The van der Waals surface area contributed by atoms with Gasteiger partial charge in [0.1, 0.15) is 0 Å². The van der Waals surface area contributed by atoms with E-state index in [1.807, 2.05) is 12.3 Å². The SMILES string of the molecule is c1ccc(-n2c3ccccc3c3cc4c5ccccc5n(-c5ccc6cccnc6c5)c4cc32)cc1. The van der Waals surface area contributed by atoms with Crippen LogP contribution in [0.3, 0.4) is 0 Å². The number of aromatic nitrogens is 3. The van der Waals surface area contributed by atoms with Gasteiger partial charge in [0.2, 0.25) is 0 Å². The predicted molar refractivity (Wildman–Crippen MR) is 150 cm³/mol. The Bertz CT molecular complexity index is 2100. The van der Waals surface area contributed by atoms with Crippen LogP contribution in [-0.2, 0) is 0 Å². The Hall–Kier alpha value is -4.89. The molecule has 3 nitrogen and oxygen atoms in total. The van der Waals surface area contributed by atoms with Crippen LogP contribution in [0.25, 0.3) is 65.9 Å². The molecule has 0 atom stereocenters. The van der Waals surface area contributed by atoms with Gasteiger partial charge in [-0.3, -0.25) is 4.98 Å². The van der Waals surface area contributed by atoms with E-state index >= 15 is 0 Å². The summed E-state index contributed by atoms with van der Waals surface area (Å²) >= 11 is 0. The number of hydrogen-bond donors (Lipinski definition) is 0. The second-order valence-corrected chi connectivity index (χ2v) is 9.31. The summed E-state index contributed by atoms with van der Waals surface area (Å²) in [6, 6.07) is 43.4. The molecule has 8 aromatic rings. The Balaban J connectivity index is 1.55. The fourth-order valence-corrected chi connectivity index (χ4v) is 5.76. The van der Waals surface area contributed by atoms with E-state index in [2.05, 4.69) is 129 Å². The summed E-state index contributed by atoms with van der Waals surface area (Å²) in [5, 5.41) is 6.20. The molecule has 0 bridgehead atoms. The van der Waals surface area contributed by atoms with E-state index in [4.69, 9.17) is 0 Å². The van der Waals surface area contributed by atoms with Crippen molar-refractivity contribution in [3.05, 3.63) is 128 Å². The van der Waals surface area contributed by atoms with E-state index in [0.717, 1.165) is 16.6 Å². The largest absolute Gasteiger partial charge is 0.309 e. The normalized spacial score (nSPS) is 11.9. The third-order valence-electron chi connectivity index (χ3n) is 7.33. The fourth-order valence-electron chi connectivity index (χ4n) is 5.76. The van der Waals surface area contributed by atoms with Crippen LogP contribution in [0.15, 0.2) is 128 Å². The van der Waals surface area contributed by atoms with E-state index in [1.54, 1.807) is 0 Å². The van der Waals surface area contributed by atoms with Crippen molar-refractivity contribution in [1.29, 1.82) is 0 Å². The zero-order valence-electron chi connectivity index (χ0n) is 19.5. The minimum absolute atomic E-state index is 1.00. The summed E-state index contributed by atoms with van der Waals surface area (Å²) in [6.07, 6.45) is 1.86. The maximum absolute atomic E-state index is 4.63. The molecular formula is C33H21N3. The first-order valence-corrected chi connectivity index (χ1v) is 12.2. The van der Waals surface area contributed by atoms with Crippen LogP contribution in [-0.4, -0.2) is 14.1 Å². The van der Waals surface area contributed by atoms with Crippen molar-refractivity contribution in [2.24, 2.45) is 0 Å². The summed E-state index contributed by atoms with van der Waals surface area (Å²) in [7, 11) is 0. The van der Waals surface area contributed by atoms with Gasteiger partial charge >= 0.3 is 0 Å². The first-order chi connectivity index (χ1) is 17.9. The topological polar surface area (TPSA) is 22.8 Å². The molecule has 0 amide bonds. The first-order valence-electron chi connectivity index (χ1n) is 12.2. The monoisotopic (exact) mass is 459 g/mol. The van der Waals surface area contributed by atoms with Gasteiger partial charge < -0.3 is 9.13 Å². The number of fused-ring (bicyclic) bond motifs is 7. The van der Waals surface area contributed by atoms with Crippen molar-refractivity contribution in [3.8, 4) is 11.4 Å². The molecule has 168 valence electrons. The lowest BCUT2D eigenvalue weighted by molar-refractivity contribution is 1.17.